The number of nitrogens with one attached hydrogen (secondary N) is 1. The third-order valence-corrected chi connectivity index (χ3v) is 4.48. The van der Waals surface area contributed by atoms with Crippen molar-refractivity contribution in [2.75, 3.05) is 11.9 Å². The van der Waals surface area contributed by atoms with E-state index in [0.29, 0.717) is 32.6 Å². The Morgan fingerprint density at radius 2 is 1.56 bits per heavy atom. The van der Waals surface area contributed by atoms with Crippen LogP contribution in [0.4, 0.5) is 5.69 Å². The van der Waals surface area contributed by atoms with Crippen molar-refractivity contribution in [1.29, 1.82) is 0 Å². The van der Waals surface area contributed by atoms with E-state index in [0.717, 1.165) is 0 Å². The smallest absolute Gasteiger partial charge is 0.262 e. The minimum absolute atomic E-state index is 0.170. The van der Waals surface area contributed by atoms with Crippen LogP contribution in [0.15, 0.2) is 72.8 Å². The standard InChI is InChI=1S/C21H15Cl2NO3/c22-17-11-10-15(12-18(17)23)27-13-20(25)24-19-9-5-4-8-16(19)21(26)14-6-2-1-3-7-14/h1-12H,13H2,(H,24,25). The Morgan fingerprint density at radius 1 is 0.852 bits per heavy atom. The van der Waals surface area contributed by atoms with Gasteiger partial charge in [-0.05, 0) is 24.3 Å². The summed E-state index contributed by atoms with van der Waals surface area (Å²) < 4.78 is 5.42. The van der Waals surface area contributed by atoms with Crippen molar-refractivity contribution in [1.82, 2.24) is 0 Å². The molecule has 3 aromatic carbocycles. The van der Waals surface area contributed by atoms with Gasteiger partial charge in [0.15, 0.2) is 12.4 Å². The molecule has 0 aromatic heterocycles. The molecule has 3 rings (SSSR count). The number of hydrogen-bond acceptors (Lipinski definition) is 3. The lowest BCUT2D eigenvalue weighted by atomic mass is 10.0. The highest BCUT2D eigenvalue weighted by molar-refractivity contribution is 6.42. The predicted molar refractivity (Wildman–Crippen MR) is 107 cm³/mol. The van der Waals surface area contributed by atoms with Gasteiger partial charge in [0.05, 0.1) is 15.7 Å². The van der Waals surface area contributed by atoms with Crippen molar-refractivity contribution in [2.24, 2.45) is 0 Å². The maximum absolute atomic E-state index is 12.7. The Labute approximate surface area is 166 Å². The SMILES string of the molecule is O=C(COc1ccc(Cl)c(Cl)c1)Nc1ccccc1C(=O)c1ccccc1. The molecule has 0 bridgehead atoms. The first-order valence-electron chi connectivity index (χ1n) is 8.11. The van der Waals surface area contributed by atoms with E-state index in [2.05, 4.69) is 5.32 Å². The summed E-state index contributed by atoms with van der Waals surface area (Å²) in [6, 6.07) is 20.5. The Balaban J connectivity index is 1.69. The minimum Gasteiger partial charge on any atom is -0.484 e. The topological polar surface area (TPSA) is 55.4 Å². The molecule has 3 aromatic rings. The van der Waals surface area contributed by atoms with Crippen LogP contribution in [0.1, 0.15) is 15.9 Å². The van der Waals surface area contributed by atoms with Gasteiger partial charge in [-0.2, -0.15) is 0 Å². The predicted octanol–water partition coefficient (Wildman–Crippen LogP) is 5.24. The molecule has 0 heterocycles. The lowest BCUT2D eigenvalue weighted by molar-refractivity contribution is -0.118. The molecule has 0 aliphatic heterocycles. The highest BCUT2D eigenvalue weighted by Crippen LogP contribution is 2.26. The average Bonchev–Trinajstić information content (AvgIpc) is 2.69. The molecule has 0 saturated heterocycles. The zero-order valence-electron chi connectivity index (χ0n) is 14.1. The van der Waals surface area contributed by atoms with Crippen LogP contribution in [0.2, 0.25) is 10.0 Å². The van der Waals surface area contributed by atoms with Gasteiger partial charge < -0.3 is 10.1 Å². The van der Waals surface area contributed by atoms with Gasteiger partial charge in [-0.15, -0.1) is 0 Å². The molecule has 0 radical (unpaired) electrons. The molecule has 0 fully saturated rings. The molecule has 1 N–H and O–H groups in total. The summed E-state index contributed by atoms with van der Waals surface area (Å²) in [5.74, 6) is -0.139. The number of para-hydroxylation sites is 1. The van der Waals surface area contributed by atoms with E-state index in [1.165, 1.54) is 6.07 Å². The highest BCUT2D eigenvalue weighted by Gasteiger charge is 2.15. The number of amides is 1. The summed E-state index contributed by atoms with van der Waals surface area (Å²) in [6.07, 6.45) is 0. The van der Waals surface area contributed by atoms with E-state index in [1.54, 1.807) is 60.7 Å². The quantitative estimate of drug-likeness (QED) is 0.576. The Bertz CT molecular complexity index is 974. The fourth-order valence-electron chi connectivity index (χ4n) is 2.44. The van der Waals surface area contributed by atoms with Gasteiger partial charge in [0.1, 0.15) is 5.75 Å². The van der Waals surface area contributed by atoms with E-state index >= 15 is 0 Å². The number of hydrogen-bond donors (Lipinski definition) is 1. The molecule has 27 heavy (non-hydrogen) atoms. The third-order valence-electron chi connectivity index (χ3n) is 3.74. The summed E-state index contributed by atoms with van der Waals surface area (Å²) in [5.41, 5.74) is 1.38. The number of carbonyl (C=O) groups excluding carboxylic acids is 2. The van der Waals surface area contributed by atoms with Crippen LogP contribution in [0, 0.1) is 0 Å². The van der Waals surface area contributed by atoms with Crippen LogP contribution >= 0.6 is 23.2 Å². The molecule has 0 atom stereocenters. The molecule has 0 saturated carbocycles. The van der Waals surface area contributed by atoms with E-state index in [4.69, 9.17) is 27.9 Å². The van der Waals surface area contributed by atoms with Crippen LogP contribution in [-0.4, -0.2) is 18.3 Å². The molecular formula is C21H15Cl2NO3. The van der Waals surface area contributed by atoms with Crippen LogP contribution in [0.5, 0.6) is 5.75 Å². The van der Waals surface area contributed by atoms with Crippen molar-refractivity contribution in [3.05, 3.63) is 94.0 Å². The van der Waals surface area contributed by atoms with Crippen LogP contribution in [0.3, 0.4) is 0 Å². The normalized spacial score (nSPS) is 10.3. The van der Waals surface area contributed by atoms with Gasteiger partial charge in [0, 0.05) is 17.2 Å². The summed E-state index contributed by atoms with van der Waals surface area (Å²) >= 11 is 11.8. The average molecular weight is 400 g/mol. The first-order valence-corrected chi connectivity index (χ1v) is 8.86. The van der Waals surface area contributed by atoms with E-state index in [-0.39, 0.29) is 12.4 Å². The number of rotatable bonds is 6. The fraction of sp³-hybridized carbons (Fsp3) is 0.0476. The largest absolute Gasteiger partial charge is 0.484 e. The minimum atomic E-state index is -0.394. The number of carbonyl (C=O) groups is 2. The molecule has 136 valence electrons. The first-order chi connectivity index (χ1) is 13.0. The van der Waals surface area contributed by atoms with Crippen molar-refractivity contribution in [3.8, 4) is 5.75 Å². The Kier molecular flexibility index (Phi) is 6.12. The summed E-state index contributed by atoms with van der Waals surface area (Å²) in [4.78, 5) is 24.9. The maximum Gasteiger partial charge on any atom is 0.262 e. The molecule has 0 unspecified atom stereocenters. The maximum atomic E-state index is 12.7. The second-order valence-corrected chi connectivity index (χ2v) is 6.47. The van der Waals surface area contributed by atoms with Gasteiger partial charge in [0.25, 0.3) is 5.91 Å². The van der Waals surface area contributed by atoms with Gasteiger partial charge >= 0.3 is 0 Å². The summed E-state index contributed by atoms with van der Waals surface area (Å²) in [7, 11) is 0. The lowest BCUT2D eigenvalue weighted by Gasteiger charge is -2.11. The summed E-state index contributed by atoms with van der Waals surface area (Å²) in [6.45, 7) is -0.230. The van der Waals surface area contributed by atoms with E-state index in [9.17, 15) is 9.59 Å². The van der Waals surface area contributed by atoms with Gasteiger partial charge in [-0.25, -0.2) is 0 Å². The third kappa shape index (κ3) is 4.88. The second kappa shape index (κ2) is 8.71. The summed E-state index contributed by atoms with van der Waals surface area (Å²) in [5, 5.41) is 3.46. The number of anilines is 1. The number of halogens is 2. The Hall–Kier alpha value is -2.82. The molecular weight excluding hydrogens is 385 g/mol. The van der Waals surface area contributed by atoms with Gasteiger partial charge in [0.2, 0.25) is 0 Å². The van der Waals surface area contributed by atoms with Gasteiger partial charge in [-0.3, -0.25) is 9.59 Å². The number of ether oxygens (including phenoxy) is 1. The van der Waals surface area contributed by atoms with Crippen molar-refractivity contribution in [3.63, 3.8) is 0 Å². The van der Waals surface area contributed by atoms with Crippen LogP contribution in [-0.2, 0) is 4.79 Å². The Morgan fingerprint density at radius 3 is 2.30 bits per heavy atom. The molecule has 6 heteroatoms. The molecule has 0 aliphatic carbocycles. The number of benzene rings is 3. The molecule has 4 nitrogen and oxygen atoms in total. The zero-order chi connectivity index (χ0) is 19.2. The van der Waals surface area contributed by atoms with Crippen molar-refractivity contribution >= 4 is 40.6 Å². The monoisotopic (exact) mass is 399 g/mol. The molecule has 0 spiro atoms. The lowest BCUT2D eigenvalue weighted by Crippen LogP contribution is -2.21. The van der Waals surface area contributed by atoms with Crippen molar-refractivity contribution < 1.29 is 14.3 Å². The van der Waals surface area contributed by atoms with Crippen LogP contribution in [0.25, 0.3) is 0 Å². The first kappa shape index (κ1) is 19.0. The van der Waals surface area contributed by atoms with Crippen molar-refractivity contribution in [2.45, 2.75) is 0 Å². The van der Waals surface area contributed by atoms with E-state index < -0.39 is 5.91 Å². The number of ketones is 1. The van der Waals surface area contributed by atoms with Crippen LogP contribution < -0.4 is 10.1 Å². The molecule has 1 amide bonds. The second-order valence-electron chi connectivity index (χ2n) is 5.65. The highest BCUT2D eigenvalue weighted by atomic mass is 35.5. The molecule has 0 aliphatic rings. The zero-order valence-corrected chi connectivity index (χ0v) is 15.6. The fourth-order valence-corrected chi connectivity index (χ4v) is 2.73. The van der Waals surface area contributed by atoms with Gasteiger partial charge in [-0.1, -0.05) is 65.7 Å². The van der Waals surface area contributed by atoms with E-state index in [1.807, 2.05) is 6.07 Å².